The van der Waals surface area contributed by atoms with Gasteiger partial charge in [0.25, 0.3) is 5.56 Å². The summed E-state index contributed by atoms with van der Waals surface area (Å²) in [6, 6.07) is 15.4. The van der Waals surface area contributed by atoms with Crippen LogP contribution in [0.15, 0.2) is 64.3 Å². The molecule has 2 aromatic heterocycles. The van der Waals surface area contributed by atoms with Crippen molar-refractivity contribution in [2.24, 2.45) is 0 Å². The molecule has 1 aliphatic rings. The van der Waals surface area contributed by atoms with Gasteiger partial charge in [0, 0.05) is 45.5 Å². The maximum atomic E-state index is 13.4. The van der Waals surface area contributed by atoms with Crippen molar-refractivity contribution >= 4 is 23.2 Å². The van der Waals surface area contributed by atoms with Crippen LogP contribution in [-0.2, 0) is 17.9 Å². The highest BCUT2D eigenvalue weighted by molar-refractivity contribution is 5.83. The van der Waals surface area contributed by atoms with Crippen LogP contribution in [0, 0.1) is 0 Å². The second kappa shape index (κ2) is 11.6. The molecule has 4 rings (SSSR count). The minimum atomic E-state index is -0.589. The third kappa shape index (κ3) is 5.76. The Bertz CT molecular complexity index is 1270. The van der Waals surface area contributed by atoms with Crippen molar-refractivity contribution in [1.82, 2.24) is 19.4 Å². The number of nitrogens with one attached hydrogen (secondary N) is 1. The van der Waals surface area contributed by atoms with Gasteiger partial charge >= 0.3 is 5.69 Å². The molecule has 1 saturated heterocycles. The predicted octanol–water partition coefficient (Wildman–Crippen LogP) is 1.67. The number of piperazine rings is 1. The molecule has 0 spiro atoms. The van der Waals surface area contributed by atoms with Crippen molar-refractivity contribution in [3.05, 3.63) is 81.1 Å². The third-order valence-electron chi connectivity index (χ3n) is 6.41. The summed E-state index contributed by atoms with van der Waals surface area (Å²) in [5.74, 6) is 0.876. The fourth-order valence-electron chi connectivity index (χ4n) is 4.43. The molecule has 0 saturated carbocycles. The molecule has 0 atom stereocenters. The van der Waals surface area contributed by atoms with Crippen molar-refractivity contribution in [3.8, 4) is 0 Å². The molecule has 1 amide bonds. The van der Waals surface area contributed by atoms with E-state index in [2.05, 4.69) is 14.9 Å². The number of rotatable bonds is 9. The van der Waals surface area contributed by atoms with Crippen LogP contribution < -0.4 is 26.8 Å². The monoisotopic (exact) mass is 491 g/mol. The van der Waals surface area contributed by atoms with Gasteiger partial charge in [-0.3, -0.25) is 19.1 Å². The van der Waals surface area contributed by atoms with Gasteiger partial charge in [-0.05, 0) is 24.1 Å². The second-order valence-electron chi connectivity index (χ2n) is 8.90. The number of nitrogen functional groups attached to an aromatic ring is 1. The van der Waals surface area contributed by atoms with E-state index < -0.39 is 11.2 Å². The fourth-order valence-corrected chi connectivity index (χ4v) is 4.43. The zero-order chi connectivity index (χ0) is 25.5. The van der Waals surface area contributed by atoms with Crippen molar-refractivity contribution < 1.29 is 4.79 Å². The number of pyridine rings is 1. The van der Waals surface area contributed by atoms with E-state index in [9.17, 15) is 14.4 Å². The fraction of sp³-hybridized carbons (Fsp3) is 0.385. The summed E-state index contributed by atoms with van der Waals surface area (Å²) < 4.78 is 1.38. The molecule has 0 bridgehead atoms. The largest absolute Gasteiger partial charge is 0.383 e. The van der Waals surface area contributed by atoms with Gasteiger partial charge < -0.3 is 20.4 Å². The summed E-state index contributed by atoms with van der Waals surface area (Å²) in [4.78, 5) is 51.2. The summed E-state index contributed by atoms with van der Waals surface area (Å²) in [7, 11) is 0. The SMILES string of the molecule is CCCCn1c(N)c(N(CC(=O)N2CCN(c3ccccn3)CC2)Cc2ccccc2)c(=O)[nH]c1=O. The number of aromatic nitrogens is 3. The van der Waals surface area contributed by atoms with E-state index in [4.69, 9.17) is 5.73 Å². The van der Waals surface area contributed by atoms with Crippen LogP contribution in [0.2, 0.25) is 0 Å². The first kappa shape index (κ1) is 25.0. The first-order chi connectivity index (χ1) is 17.5. The molecule has 1 fully saturated rings. The minimum absolute atomic E-state index is 0.0300. The Kier molecular flexibility index (Phi) is 8.04. The van der Waals surface area contributed by atoms with Gasteiger partial charge in [-0.2, -0.15) is 0 Å². The predicted molar refractivity (Wildman–Crippen MR) is 141 cm³/mol. The summed E-state index contributed by atoms with van der Waals surface area (Å²) in [5, 5.41) is 0. The highest BCUT2D eigenvalue weighted by Gasteiger charge is 2.26. The van der Waals surface area contributed by atoms with Gasteiger partial charge in [0.2, 0.25) is 5.91 Å². The van der Waals surface area contributed by atoms with Crippen LogP contribution >= 0.6 is 0 Å². The molecular weight excluding hydrogens is 458 g/mol. The van der Waals surface area contributed by atoms with Crippen LogP contribution in [0.3, 0.4) is 0 Å². The molecule has 3 heterocycles. The average Bonchev–Trinajstić information content (AvgIpc) is 2.89. The zero-order valence-corrected chi connectivity index (χ0v) is 20.6. The molecule has 10 nitrogen and oxygen atoms in total. The smallest absolute Gasteiger partial charge is 0.330 e. The van der Waals surface area contributed by atoms with Gasteiger partial charge in [0.05, 0.1) is 6.54 Å². The van der Waals surface area contributed by atoms with Gasteiger partial charge in [-0.1, -0.05) is 49.7 Å². The lowest BCUT2D eigenvalue weighted by atomic mass is 10.2. The first-order valence-corrected chi connectivity index (χ1v) is 12.3. The molecule has 0 unspecified atom stereocenters. The Morgan fingerprint density at radius 3 is 2.44 bits per heavy atom. The number of anilines is 3. The van der Waals surface area contributed by atoms with E-state index in [-0.39, 0.29) is 24.0 Å². The number of H-pyrrole nitrogens is 1. The normalized spacial score (nSPS) is 13.6. The highest BCUT2D eigenvalue weighted by atomic mass is 16.2. The summed E-state index contributed by atoms with van der Waals surface area (Å²) in [6.45, 7) is 5.14. The van der Waals surface area contributed by atoms with Crippen molar-refractivity contribution in [2.45, 2.75) is 32.9 Å². The van der Waals surface area contributed by atoms with Crippen molar-refractivity contribution in [1.29, 1.82) is 0 Å². The maximum Gasteiger partial charge on any atom is 0.330 e. The Morgan fingerprint density at radius 2 is 1.78 bits per heavy atom. The molecule has 3 aromatic rings. The van der Waals surface area contributed by atoms with Gasteiger partial charge in [-0.15, -0.1) is 0 Å². The Balaban J connectivity index is 1.57. The van der Waals surface area contributed by atoms with Gasteiger partial charge in [-0.25, -0.2) is 9.78 Å². The van der Waals surface area contributed by atoms with Crippen molar-refractivity contribution in [3.63, 3.8) is 0 Å². The number of benzene rings is 1. The van der Waals surface area contributed by atoms with Crippen molar-refractivity contribution in [2.75, 3.05) is 48.3 Å². The molecule has 1 aliphatic heterocycles. The Morgan fingerprint density at radius 1 is 1.06 bits per heavy atom. The topological polar surface area (TPSA) is 121 Å². The quantitative estimate of drug-likeness (QED) is 0.467. The highest BCUT2D eigenvalue weighted by Crippen LogP contribution is 2.21. The van der Waals surface area contributed by atoms with Gasteiger partial charge in [0.15, 0.2) is 0 Å². The lowest BCUT2D eigenvalue weighted by Gasteiger charge is -2.36. The second-order valence-corrected chi connectivity index (χ2v) is 8.90. The molecular formula is C26H33N7O3. The number of amides is 1. The summed E-state index contributed by atoms with van der Waals surface area (Å²) >= 11 is 0. The molecule has 3 N–H and O–H groups in total. The molecule has 190 valence electrons. The number of hydrogen-bond donors (Lipinski definition) is 2. The van der Waals surface area contributed by atoms with E-state index in [1.165, 1.54) is 4.57 Å². The Labute approximate surface area is 210 Å². The number of nitrogens with zero attached hydrogens (tertiary/aromatic N) is 5. The van der Waals surface area contributed by atoms with E-state index in [0.717, 1.165) is 24.2 Å². The molecule has 0 radical (unpaired) electrons. The Hall–Kier alpha value is -4.08. The zero-order valence-electron chi connectivity index (χ0n) is 20.6. The number of aromatic amines is 1. The first-order valence-electron chi connectivity index (χ1n) is 12.3. The average molecular weight is 492 g/mol. The maximum absolute atomic E-state index is 13.4. The number of carbonyl (C=O) groups is 1. The molecule has 10 heteroatoms. The van der Waals surface area contributed by atoms with Crippen LogP contribution in [-0.4, -0.2) is 58.1 Å². The van der Waals surface area contributed by atoms with Crippen LogP contribution in [0.1, 0.15) is 25.3 Å². The van der Waals surface area contributed by atoms with E-state index in [1.807, 2.05) is 55.5 Å². The summed E-state index contributed by atoms with van der Waals surface area (Å²) in [5.41, 5.74) is 6.33. The van der Waals surface area contributed by atoms with E-state index in [1.54, 1.807) is 16.0 Å². The lowest BCUT2D eigenvalue weighted by molar-refractivity contribution is -0.130. The van der Waals surface area contributed by atoms with E-state index in [0.29, 0.717) is 39.3 Å². The van der Waals surface area contributed by atoms with Crippen LogP contribution in [0.4, 0.5) is 17.3 Å². The molecule has 36 heavy (non-hydrogen) atoms. The van der Waals surface area contributed by atoms with Crippen LogP contribution in [0.25, 0.3) is 0 Å². The van der Waals surface area contributed by atoms with Gasteiger partial charge in [0.1, 0.15) is 17.3 Å². The molecule has 1 aromatic carbocycles. The number of unbranched alkanes of at least 4 members (excludes halogenated alkanes) is 1. The minimum Gasteiger partial charge on any atom is -0.383 e. The number of nitrogens with two attached hydrogens (primary N) is 1. The number of carbonyl (C=O) groups excluding carboxylic acids is 1. The number of hydrogen-bond acceptors (Lipinski definition) is 7. The lowest BCUT2D eigenvalue weighted by Crippen LogP contribution is -2.52. The van der Waals surface area contributed by atoms with Crippen LogP contribution in [0.5, 0.6) is 0 Å². The van der Waals surface area contributed by atoms with E-state index >= 15 is 0 Å². The third-order valence-corrected chi connectivity index (χ3v) is 6.41. The standard InChI is InChI=1S/C26H33N7O3/c1-2-3-13-33-24(27)23(25(35)29-26(33)36)32(18-20-9-5-4-6-10-20)19-22(34)31-16-14-30(15-17-31)21-11-7-8-12-28-21/h4-12H,2-3,13-19,27H2,1H3,(H,29,35,36). The summed E-state index contributed by atoms with van der Waals surface area (Å²) in [6.07, 6.45) is 3.38. The molecule has 0 aliphatic carbocycles.